The van der Waals surface area contributed by atoms with E-state index in [9.17, 15) is 9.18 Å². The average Bonchev–Trinajstić information content (AvgIpc) is 2.50. The summed E-state index contributed by atoms with van der Waals surface area (Å²) in [5.74, 6) is -0.605. The fourth-order valence-electron chi connectivity index (χ4n) is 1.64. The molecular weight excluding hydrogens is 219 g/mol. The monoisotopic (exact) mass is 228 g/mol. The van der Waals surface area contributed by atoms with Gasteiger partial charge in [0.05, 0.1) is 5.02 Å². The Morgan fingerprint density at radius 1 is 1.53 bits per heavy atom. The van der Waals surface area contributed by atoms with Gasteiger partial charge >= 0.3 is 0 Å². The zero-order chi connectivity index (χ0) is 11.0. The molecule has 0 spiro atoms. The molecule has 1 heterocycles. The molecule has 1 atom stereocenters. The standard InChI is InChI=1S/C10H10ClFN2O/c11-8-2-1-7(4-9(8)12)14-5-6(13)3-10(14)15/h1-2,4,6H,3,5,13H2/t6-/m0/s1. The van der Waals surface area contributed by atoms with Gasteiger partial charge in [0, 0.05) is 24.7 Å². The zero-order valence-corrected chi connectivity index (χ0v) is 8.67. The Hall–Kier alpha value is -1.13. The molecule has 1 aliphatic heterocycles. The van der Waals surface area contributed by atoms with E-state index in [4.69, 9.17) is 17.3 Å². The lowest BCUT2D eigenvalue weighted by Gasteiger charge is -2.16. The van der Waals surface area contributed by atoms with Crippen LogP contribution >= 0.6 is 11.6 Å². The number of rotatable bonds is 1. The van der Waals surface area contributed by atoms with E-state index in [-0.39, 0.29) is 17.0 Å². The Morgan fingerprint density at radius 2 is 2.27 bits per heavy atom. The van der Waals surface area contributed by atoms with Crippen LogP contribution in [-0.2, 0) is 4.79 Å². The van der Waals surface area contributed by atoms with Gasteiger partial charge < -0.3 is 10.6 Å². The van der Waals surface area contributed by atoms with Crippen molar-refractivity contribution in [3.8, 4) is 0 Å². The van der Waals surface area contributed by atoms with Gasteiger partial charge in [-0.05, 0) is 18.2 Å². The maximum Gasteiger partial charge on any atom is 0.228 e. The Balaban J connectivity index is 2.30. The number of halogens is 2. The molecule has 5 heteroatoms. The maximum absolute atomic E-state index is 13.2. The van der Waals surface area contributed by atoms with Crippen LogP contribution in [0.15, 0.2) is 18.2 Å². The first-order valence-electron chi connectivity index (χ1n) is 4.59. The van der Waals surface area contributed by atoms with Crippen LogP contribution in [-0.4, -0.2) is 18.5 Å². The minimum Gasteiger partial charge on any atom is -0.326 e. The molecule has 2 N–H and O–H groups in total. The molecule has 0 radical (unpaired) electrons. The molecule has 0 aromatic heterocycles. The molecule has 0 bridgehead atoms. The van der Waals surface area contributed by atoms with Crippen molar-refractivity contribution in [2.75, 3.05) is 11.4 Å². The van der Waals surface area contributed by atoms with Gasteiger partial charge in [0.1, 0.15) is 5.82 Å². The summed E-state index contributed by atoms with van der Waals surface area (Å²) in [6.45, 7) is 0.430. The second kappa shape index (κ2) is 3.79. The lowest BCUT2D eigenvalue weighted by atomic mass is 10.3. The highest BCUT2D eigenvalue weighted by Crippen LogP contribution is 2.25. The van der Waals surface area contributed by atoms with E-state index in [1.165, 1.54) is 17.0 Å². The summed E-state index contributed by atoms with van der Waals surface area (Å²) in [5.41, 5.74) is 6.15. The van der Waals surface area contributed by atoms with E-state index < -0.39 is 5.82 Å². The molecule has 80 valence electrons. The van der Waals surface area contributed by atoms with Gasteiger partial charge in [0.2, 0.25) is 5.91 Å². The van der Waals surface area contributed by atoms with Crippen LogP contribution in [0.2, 0.25) is 5.02 Å². The third-order valence-corrected chi connectivity index (χ3v) is 2.68. The summed E-state index contributed by atoms with van der Waals surface area (Å²) in [6.07, 6.45) is 0.310. The lowest BCUT2D eigenvalue weighted by molar-refractivity contribution is -0.117. The Bertz CT molecular complexity index is 410. The van der Waals surface area contributed by atoms with Crippen LogP contribution in [0.4, 0.5) is 10.1 Å². The minimum atomic E-state index is -0.526. The Kier molecular flexibility index (Phi) is 2.63. The van der Waals surface area contributed by atoms with Gasteiger partial charge in [0.15, 0.2) is 0 Å². The Labute approximate surface area is 91.6 Å². The van der Waals surface area contributed by atoms with Gasteiger partial charge in [-0.25, -0.2) is 4.39 Å². The quantitative estimate of drug-likeness (QED) is 0.793. The number of nitrogens with two attached hydrogens (primary N) is 1. The van der Waals surface area contributed by atoms with Crippen molar-refractivity contribution in [2.45, 2.75) is 12.5 Å². The van der Waals surface area contributed by atoms with Crippen LogP contribution in [0.3, 0.4) is 0 Å². The van der Waals surface area contributed by atoms with E-state index >= 15 is 0 Å². The number of anilines is 1. The second-order valence-corrected chi connectivity index (χ2v) is 3.97. The summed E-state index contributed by atoms with van der Waals surface area (Å²) in [7, 11) is 0. The number of amides is 1. The van der Waals surface area contributed by atoms with Crippen molar-refractivity contribution in [2.24, 2.45) is 5.73 Å². The van der Waals surface area contributed by atoms with E-state index in [1.54, 1.807) is 6.07 Å². The molecule has 0 aliphatic carbocycles. The highest BCUT2D eigenvalue weighted by molar-refractivity contribution is 6.30. The normalized spacial score (nSPS) is 21.1. The van der Waals surface area contributed by atoms with Gasteiger partial charge in [-0.15, -0.1) is 0 Å². The number of nitrogens with zero attached hydrogens (tertiary/aromatic N) is 1. The second-order valence-electron chi connectivity index (χ2n) is 3.57. The molecule has 0 saturated carbocycles. The number of carbonyl (C=O) groups excluding carboxylic acids is 1. The van der Waals surface area contributed by atoms with Crippen LogP contribution in [0.25, 0.3) is 0 Å². The van der Waals surface area contributed by atoms with Gasteiger partial charge in [0.25, 0.3) is 0 Å². The molecule has 1 amide bonds. The molecular formula is C10H10ClFN2O. The first kappa shape index (κ1) is 10.4. The zero-order valence-electron chi connectivity index (χ0n) is 7.91. The van der Waals surface area contributed by atoms with Crippen molar-refractivity contribution >= 4 is 23.2 Å². The number of hydrogen-bond acceptors (Lipinski definition) is 2. The summed E-state index contributed by atoms with van der Waals surface area (Å²) < 4.78 is 13.2. The van der Waals surface area contributed by atoms with Gasteiger partial charge in [-0.3, -0.25) is 4.79 Å². The van der Waals surface area contributed by atoms with Crippen molar-refractivity contribution < 1.29 is 9.18 Å². The summed E-state index contributed by atoms with van der Waals surface area (Å²) >= 11 is 5.55. The lowest BCUT2D eigenvalue weighted by Crippen LogP contribution is -2.27. The third-order valence-electron chi connectivity index (χ3n) is 2.37. The summed E-state index contributed by atoms with van der Waals surface area (Å²) in [5, 5.41) is 0.0506. The van der Waals surface area contributed by atoms with Gasteiger partial charge in [-0.1, -0.05) is 11.6 Å². The van der Waals surface area contributed by atoms with Crippen molar-refractivity contribution in [3.05, 3.63) is 29.0 Å². The maximum atomic E-state index is 13.2. The Morgan fingerprint density at radius 3 is 2.80 bits per heavy atom. The largest absolute Gasteiger partial charge is 0.326 e. The predicted octanol–water partition coefficient (Wildman–Crippen LogP) is 1.54. The number of carbonyl (C=O) groups is 1. The highest BCUT2D eigenvalue weighted by atomic mass is 35.5. The topological polar surface area (TPSA) is 46.3 Å². The van der Waals surface area contributed by atoms with Crippen molar-refractivity contribution in [1.82, 2.24) is 0 Å². The van der Waals surface area contributed by atoms with Crippen molar-refractivity contribution in [1.29, 1.82) is 0 Å². The molecule has 2 rings (SSSR count). The molecule has 1 aromatic rings. The molecule has 0 unspecified atom stereocenters. The highest BCUT2D eigenvalue weighted by Gasteiger charge is 2.28. The third kappa shape index (κ3) is 1.96. The van der Waals surface area contributed by atoms with Gasteiger partial charge in [-0.2, -0.15) is 0 Å². The molecule has 1 aliphatic rings. The molecule has 3 nitrogen and oxygen atoms in total. The number of hydrogen-bond donors (Lipinski definition) is 1. The first-order chi connectivity index (χ1) is 7.08. The smallest absolute Gasteiger partial charge is 0.228 e. The minimum absolute atomic E-state index is 0.0506. The van der Waals surface area contributed by atoms with E-state index in [0.29, 0.717) is 18.7 Å². The van der Waals surface area contributed by atoms with Crippen LogP contribution in [0.1, 0.15) is 6.42 Å². The number of benzene rings is 1. The average molecular weight is 229 g/mol. The first-order valence-corrected chi connectivity index (χ1v) is 4.96. The fourth-order valence-corrected chi connectivity index (χ4v) is 1.76. The van der Waals surface area contributed by atoms with Crippen LogP contribution in [0, 0.1) is 5.82 Å². The molecule has 1 fully saturated rings. The molecule has 1 saturated heterocycles. The summed E-state index contributed by atoms with van der Waals surface area (Å²) in [6, 6.07) is 4.12. The summed E-state index contributed by atoms with van der Waals surface area (Å²) in [4.78, 5) is 12.9. The van der Waals surface area contributed by atoms with E-state index in [1.807, 2.05) is 0 Å². The van der Waals surface area contributed by atoms with E-state index in [0.717, 1.165) is 0 Å². The predicted molar refractivity (Wildman–Crippen MR) is 56.4 cm³/mol. The van der Waals surface area contributed by atoms with Crippen LogP contribution in [0.5, 0.6) is 0 Å². The molecule has 1 aromatic carbocycles. The fraction of sp³-hybridized carbons (Fsp3) is 0.300. The molecule has 15 heavy (non-hydrogen) atoms. The van der Waals surface area contributed by atoms with E-state index in [2.05, 4.69) is 0 Å². The van der Waals surface area contributed by atoms with Crippen LogP contribution < -0.4 is 10.6 Å². The van der Waals surface area contributed by atoms with Crippen molar-refractivity contribution in [3.63, 3.8) is 0 Å². The SMILES string of the molecule is N[C@H]1CC(=O)N(c2ccc(Cl)c(F)c2)C1.